The smallest absolute Gasteiger partial charge is 0.237 e. The van der Waals surface area contributed by atoms with Gasteiger partial charge >= 0.3 is 0 Å². The summed E-state index contributed by atoms with van der Waals surface area (Å²) >= 11 is 0. The number of allylic oxidation sites excluding steroid dienone is 2. The number of benzene rings is 3. The Hall–Kier alpha value is -5.79. The van der Waals surface area contributed by atoms with Crippen molar-refractivity contribution >= 4 is 35.3 Å². The minimum Gasteiger partial charge on any atom is -0.508 e. The molecule has 5 rings (SSSR count). The van der Waals surface area contributed by atoms with Crippen LogP contribution in [-0.2, 0) is 27.3 Å². The van der Waals surface area contributed by atoms with Gasteiger partial charge < -0.3 is 42.2 Å². The second-order valence-corrected chi connectivity index (χ2v) is 12.0. The molecule has 0 bridgehead atoms. The van der Waals surface area contributed by atoms with Crippen molar-refractivity contribution in [3.05, 3.63) is 120 Å². The van der Waals surface area contributed by atoms with Crippen molar-refractivity contribution in [3.8, 4) is 5.75 Å². The van der Waals surface area contributed by atoms with Gasteiger partial charge in [0.25, 0.3) is 0 Å². The van der Waals surface area contributed by atoms with Crippen molar-refractivity contribution < 1.29 is 19.4 Å². The molecule has 1 aromatic heterocycles. The number of hydrogen-bond acceptors (Lipinski definition) is 11. The Labute approximate surface area is 291 Å². The predicted octanol–water partition coefficient (Wildman–Crippen LogP) is 4.01. The molecule has 2 atom stereocenters. The number of nitrogens with one attached hydrogen (secondary N) is 5. The average Bonchev–Trinajstić information content (AvgIpc) is 3.13. The van der Waals surface area contributed by atoms with E-state index in [1.54, 1.807) is 24.3 Å². The van der Waals surface area contributed by atoms with Crippen LogP contribution in [0.5, 0.6) is 5.75 Å². The van der Waals surface area contributed by atoms with Crippen molar-refractivity contribution in [2.75, 3.05) is 42.3 Å². The maximum atomic E-state index is 13.0. The fourth-order valence-corrected chi connectivity index (χ4v) is 5.02. The van der Waals surface area contributed by atoms with E-state index in [9.17, 15) is 14.7 Å². The van der Waals surface area contributed by atoms with E-state index in [0.29, 0.717) is 57.3 Å². The zero-order valence-electron chi connectivity index (χ0n) is 27.9. The monoisotopic (exact) mass is 677 g/mol. The van der Waals surface area contributed by atoms with E-state index in [0.717, 1.165) is 16.8 Å². The molecule has 13 heteroatoms. The Kier molecular flexibility index (Phi) is 12.5. The highest BCUT2D eigenvalue weighted by atomic mass is 16.5. The first-order chi connectivity index (χ1) is 24.3. The largest absolute Gasteiger partial charge is 0.508 e. The molecule has 8 N–H and O–H groups in total. The Bertz CT molecular complexity index is 1770. The second kappa shape index (κ2) is 17.6. The Morgan fingerprint density at radius 3 is 2.16 bits per heavy atom. The summed E-state index contributed by atoms with van der Waals surface area (Å²) in [6.45, 7) is 3.73. The molecule has 0 fully saturated rings. The normalized spacial score (nSPS) is 15.8. The summed E-state index contributed by atoms with van der Waals surface area (Å²) in [4.78, 5) is 38.9. The maximum absolute atomic E-state index is 13.0. The van der Waals surface area contributed by atoms with Crippen molar-refractivity contribution in [2.24, 2.45) is 11.1 Å². The molecule has 0 saturated heterocycles. The van der Waals surface area contributed by atoms with Gasteiger partial charge in [-0.1, -0.05) is 72.8 Å². The number of aromatic nitrogens is 3. The topological polar surface area (TPSA) is 188 Å². The summed E-state index contributed by atoms with van der Waals surface area (Å²) in [5, 5.41) is 25.0. The van der Waals surface area contributed by atoms with Crippen LogP contribution in [0.4, 0.5) is 23.5 Å². The molecule has 4 aromatic rings. The number of carbonyl (C=O) groups excluding carboxylic acids is 2. The van der Waals surface area contributed by atoms with Crippen LogP contribution in [0.15, 0.2) is 109 Å². The van der Waals surface area contributed by atoms with Crippen LogP contribution in [-0.4, -0.2) is 64.2 Å². The number of nitrogens with two attached hydrogens (primary N) is 1. The van der Waals surface area contributed by atoms with Gasteiger partial charge in [0.1, 0.15) is 5.75 Å². The molecule has 50 heavy (non-hydrogen) atoms. The lowest BCUT2D eigenvalue weighted by atomic mass is 9.82. The molecule has 1 heterocycles. The average molecular weight is 678 g/mol. The van der Waals surface area contributed by atoms with Gasteiger partial charge in [-0.25, -0.2) is 0 Å². The lowest BCUT2D eigenvalue weighted by Crippen LogP contribution is -2.43. The Morgan fingerprint density at radius 2 is 1.48 bits per heavy atom. The number of nitrogens with zero attached hydrogens (tertiary/aromatic N) is 3. The number of rotatable bonds is 17. The standard InChI is InChI=1S/C37H43N9O4/c1-37(33(49)41-25-27-10-6-3-7-11-27)18-16-29(17-19-37)43-36-45-34(44-35(46-36)42-28-12-14-30(47)15-13-28)40-21-23-50-22-20-39-32(48)31(38)24-26-8-4-2-5-9-26/h2-18,31,47H,19-25,38H2,1H3,(H,39,48)(H,41,49)(H3,40,42,43,44,45,46). The molecule has 1 aliphatic carbocycles. The number of hydrogen-bond donors (Lipinski definition) is 7. The van der Waals surface area contributed by atoms with Gasteiger partial charge in [0.2, 0.25) is 29.7 Å². The van der Waals surface area contributed by atoms with Crippen LogP contribution in [0.3, 0.4) is 0 Å². The fraction of sp³-hybridized carbons (Fsp3) is 0.270. The lowest BCUT2D eigenvalue weighted by molar-refractivity contribution is -0.128. The number of phenolic OH excluding ortho intramolecular Hbond substituents is 1. The summed E-state index contributed by atoms with van der Waals surface area (Å²) in [6, 6.07) is 25.3. The molecule has 3 aromatic carbocycles. The number of amides is 2. The Morgan fingerprint density at radius 1 is 0.840 bits per heavy atom. The number of phenols is 1. The number of anilines is 4. The van der Waals surface area contributed by atoms with Crippen LogP contribution < -0.4 is 32.3 Å². The third kappa shape index (κ3) is 10.9. The minimum absolute atomic E-state index is 0.0591. The first kappa shape index (κ1) is 35.5. The molecular formula is C37H43N9O4. The highest BCUT2D eigenvalue weighted by Crippen LogP contribution is 2.30. The van der Waals surface area contributed by atoms with E-state index >= 15 is 0 Å². The van der Waals surface area contributed by atoms with E-state index in [2.05, 4.69) is 41.5 Å². The summed E-state index contributed by atoms with van der Waals surface area (Å²) in [5.74, 6) is 0.716. The quantitative estimate of drug-likeness (QED) is 0.0632. The highest BCUT2D eigenvalue weighted by Gasteiger charge is 2.31. The second-order valence-electron chi connectivity index (χ2n) is 12.0. The summed E-state index contributed by atoms with van der Waals surface area (Å²) < 4.78 is 5.68. The number of aromatic hydroxyl groups is 1. The molecule has 13 nitrogen and oxygen atoms in total. The van der Waals surface area contributed by atoms with Crippen LogP contribution in [0.2, 0.25) is 0 Å². The third-order valence-electron chi connectivity index (χ3n) is 7.92. The zero-order valence-corrected chi connectivity index (χ0v) is 27.9. The van der Waals surface area contributed by atoms with Gasteiger partial charge in [-0.3, -0.25) is 9.59 Å². The van der Waals surface area contributed by atoms with Gasteiger partial charge in [-0.05, 0) is 61.2 Å². The molecule has 1 aliphatic rings. The lowest BCUT2D eigenvalue weighted by Gasteiger charge is -2.27. The molecule has 0 aliphatic heterocycles. The van der Waals surface area contributed by atoms with Gasteiger partial charge in [0.15, 0.2) is 0 Å². The van der Waals surface area contributed by atoms with Gasteiger partial charge in [0.05, 0.1) is 24.7 Å². The highest BCUT2D eigenvalue weighted by molar-refractivity contribution is 5.85. The summed E-state index contributed by atoms with van der Waals surface area (Å²) in [6.07, 6.45) is 6.60. The van der Waals surface area contributed by atoms with Crippen LogP contribution in [0, 0.1) is 5.41 Å². The molecule has 260 valence electrons. The van der Waals surface area contributed by atoms with Gasteiger partial charge in [0, 0.05) is 31.0 Å². The summed E-state index contributed by atoms with van der Waals surface area (Å²) in [7, 11) is 0. The molecule has 2 unspecified atom stereocenters. The first-order valence-electron chi connectivity index (χ1n) is 16.5. The zero-order chi connectivity index (χ0) is 35.2. The molecular weight excluding hydrogens is 634 g/mol. The van der Waals surface area contributed by atoms with Crippen LogP contribution in [0.25, 0.3) is 0 Å². The minimum atomic E-state index is -0.700. The van der Waals surface area contributed by atoms with E-state index in [4.69, 9.17) is 10.5 Å². The van der Waals surface area contributed by atoms with E-state index < -0.39 is 11.5 Å². The molecule has 0 radical (unpaired) electrons. The van der Waals surface area contributed by atoms with E-state index in [1.165, 1.54) is 0 Å². The molecule has 0 spiro atoms. The molecule has 0 saturated carbocycles. The molecule has 2 amide bonds. The SMILES string of the molecule is CC1(C(=O)NCc2ccccc2)C=CC(Nc2nc(NCCOCCNC(=O)C(N)Cc3ccccc3)nc(Nc3ccc(O)cc3)n2)=CC1. The van der Waals surface area contributed by atoms with Gasteiger partial charge in [-0.15, -0.1) is 0 Å². The maximum Gasteiger partial charge on any atom is 0.237 e. The van der Waals surface area contributed by atoms with E-state index in [-0.39, 0.29) is 29.5 Å². The third-order valence-corrected chi connectivity index (χ3v) is 7.92. The van der Waals surface area contributed by atoms with Crippen molar-refractivity contribution in [2.45, 2.75) is 32.4 Å². The first-order valence-corrected chi connectivity index (χ1v) is 16.5. The van der Waals surface area contributed by atoms with E-state index in [1.807, 2.05) is 85.8 Å². The van der Waals surface area contributed by atoms with Gasteiger partial charge in [-0.2, -0.15) is 15.0 Å². The Balaban J connectivity index is 1.12. The van der Waals surface area contributed by atoms with Crippen molar-refractivity contribution in [1.29, 1.82) is 0 Å². The number of ether oxygens (including phenoxy) is 1. The number of carbonyl (C=O) groups is 2. The van der Waals surface area contributed by atoms with Crippen LogP contribution >= 0.6 is 0 Å². The van der Waals surface area contributed by atoms with Crippen molar-refractivity contribution in [1.82, 2.24) is 25.6 Å². The fourth-order valence-electron chi connectivity index (χ4n) is 5.02. The summed E-state index contributed by atoms with van der Waals surface area (Å²) in [5.41, 5.74) is 8.79. The van der Waals surface area contributed by atoms with Crippen molar-refractivity contribution in [3.63, 3.8) is 0 Å². The van der Waals surface area contributed by atoms with Crippen LogP contribution in [0.1, 0.15) is 24.5 Å². The predicted molar refractivity (Wildman–Crippen MR) is 194 cm³/mol.